The van der Waals surface area contributed by atoms with Gasteiger partial charge in [0, 0.05) is 10.6 Å². The second-order valence-corrected chi connectivity index (χ2v) is 7.09. The van der Waals surface area contributed by atoms with Crippen molar-refractivity contribution in [3.8, 4) is 5.75 Å². The molecule has 0 unspecified atom stereocenters. The Kier molecular flexibility index (Phi) is 5.76. The minimum atomic E-state index is -0.796. The van der Waals surface area contributed by atoms with E-state index in [1.807, 2.05) is 0 Å². The largest absolute Gasteiger partial charge is 0.507 e. The fourth-order valence-corrected chi connectivity index (χ4v) is 3.32. The summed E-state index contributed by atoms with van der Waals surface area (Å²) in [4.78, 5) is 35.9. The molecule has 0 aliphatic carbocycles. The van der Waals surface area contributed by atoms with E-state index in [1.54, 1.807) is 30.3 Å². The highest BCUT2D eigenvalue weighted by Gasteiger charge is 2.35. The fraction of sp³-hybridized carbons (Fsp3) is 0.0556. The minimum Gasteiger partial charge on any atom is -0.507 e. The second-order valence-electron chi connectivity index (χ2n) is 5.66. The van der Waals surface area contributed by atoms with Gasteiger partial charge in [-0.05, 0) is 54.2 Å². The van der Waals surface area contributed by atoms with Gasteiger partial charge in [0.1, 0.15) is 12.3 Å². The zero-order chi connectivity index (χ0) is 20.3. The van der Waals surface area contributed by atoms with Crippen molar-refractivity contribution in [1.82, 2.24) is 4.90 Å². The van der Waals surface area contributed by atoms with Gasteiger partial charge in [-0.1, -0.05) is 17.7 Å². The topological polar surface area (TPSA) is 125 Å². The van der Waals surface area contributed by atoms with E-state index in [1.165, 1.54) is 18.2 Å². The first-order valence-electron chi connectivity index (χ1n) is 7.87. The van der Waals surface area contributed by atoms with Crippen molar-refractivity contribution in [1.29, 1.82) is 0 Å². The number of thioether (sulfide) groups is 1. The Bertz CT molecular complexity index is 1040. The quantitative estimate of drug-likeness (QED) is 0.563. The maximum absolute atomic E-state index is 12.3. The third-order valence-corrected chi connectivity index (χ3v) is 4.72. The maximum Gasteiger partial charge on any atom is 0.294 e. The number of phenols is 1. The Morgan fingerprint density at radius 2 is 1.89 bits per heavy atom. The number of hydrogen-bond acceptors (Lipinski definition) is 7. The molecule has 3 N–H and O–H groups in total. The van der Waals surface area contributed by atoms with Crippen LogP contribution in [-0.4, -0.2) is 33.6 Å². The van der Waals surface area contributed by atoms with E-state index in [4.69, 9.17) is 17.3 Å². The number of rotatable bonds is 5. The lowest BCUT2D eigenvalue weighted by Gasteiger charge is -2.08. The molecule has 1 aliphatic heterocycles. The Morgan fingerprint density at radius 3 is 2.57 bits per heavy atom. The van der Waals surface area contributed by atoms with E-state index >= 15 is 0 Å². The summed E-state index contributed by atoms with van der Waals surface area (Å²) in [5.74, 6) is -1.56. The lowest BCUT2D eigenvalue weighted by molar-refractivity contribution is -0.127. The fourth-order valence-electron chi connectivity index (χ4n) is 2.31. The first-order valence-corrected chi connectivity index (χ1v) is 9.07. The van der Waals surface area contributed by atoms with Crippen LogP contribution in [0.2, 0.25) is 5.02 Å². The molecule has 0 bridgehead atoms. The van der Waals surface area contributed by atoms with Gasteiger partial charge in [-0.25, -0.2) is 0 Å². The molecule has 3 rings (SSSR count). The standard InChI is InChI=1S/C18H13ClN4O4S/c19-11-2-1-3-12(8-11)21-22-13-4-5-14(24)10(6-13)7-15-17(26)23(9-16(20)25)18(27)28-15/h1-8,24H,9H2,(H2,20,25)/b15-7-,22-21?. The Morgan fingerprint density at radius 1 is 1.18 bits per heavy atom. The van der Waals surface area contributed by atoms with Gasteiger partial charge in [0.25, 0.3) is 11.1 Å². The average Bonchev–Trinajstić information content (AvgIpc) is 2.89. The van der Waals surface area contributed by atoms with E-state index in [0.717, 1.165) is 4.90 Å². The van der Waals surface area contributed by atoms with Crippen LogP contribution in [0.3, 0.4) is 0 Å². The van der Waals surface area contributed by atoms with E-state index in [2.05, 4.69) is 10.2 Å². The maximum atomic E-state index is 12.3. The third kappa shape index (κ3) is 4.56. The molecule has 8 nitrogen and oxygen atoms in total. The smallest absolute Gasteiger partial charge is 0.294 e. The van der Waals surface area contributed by atoms with Crippen LogP contribution < -0.4 is 5.73 Å². The molecule has 0 spiro atoms. The number of amides is 3. The summed E-state index contributed by atoms with van der Waals surface area (Å²) in [6, 6.07) is 11.3. The number of primary amides is 1. The van der Waals surface area contributed by atoms with Crippen LogP contribution >= 0.6 is 23.4 Å². The van der Waals surface area contributed by atoms with Crippen LogP contribution in [0.4, 0.5) is 16.2 Å². The van der Waals surface area contributed by atoms with Gasteiger partial charge in [0.05, 0.1) is 16.3 Å². The number of carbonyl (C=O) groups excluding carboxylic acids is 3. The number of halogens is 1. The molecule has 0 saturated carbocycles. The van der Waals surface area contributed by atoms with Crippen molar-refractivity contribution in [3.63, 3.8) is 0 Å². The second kappa shape index (κ2) is 8.24. The van der Waals surface area contributed by atoms with E-state index in [0.29, 0.717) is 28.2 Å². The van der Waals surface area contributed by atoms with Gasteiger partial charge < -0.3 is 10.8 Å². The summed E-state index contributed by atoms with van der Waals surface area (Å²) in [5.41, 5.74) is 6.28. The van der Waals surface area contributed by atoms with Crippen molar-refractivity contribution in [2.24, 2.45) is 16.0 Å². The monoisotopic (exact) mass is 416 g/mol. The van der Waals surface area contributed by atoms with Gasteiger partial charge in [-0.3, -0.25) is 19.3 Å². The number of nitrogens with two attached hydrogens (primary N) is 1. The molecule has 10 heteroatoms. The predicted molar refractivity (Wildman–Crippen MR) is 106 cm³/mol. The first-order chi connectivity index (χ1) is 13.3. The molecule has 28 heavy (non-hydrogen) atoms. The summed E-state index contributed by atoms with van der Waals surface area (Å²) < 4.78 is 0. The van der Waals surface area contributed by atoms with Crippen molar-refractivity contribution >= 4 is 57.9 Å². The molecular formula is C18H13ClN4O4S. The molecule has 2 aromatic rings. The van der Waals surface area contributed by atoms with Gasteiger partial charge in [0.2, 0.25) is 5.91 Å². The van der Waals surface area contributed by atoms with E-state index in [9.17, 15) is 19.5 Å². The zero-order valence-electron chi connectivity index (χ0n) is 14.2. The van der Waals surface area contributed by atoms with Crippen molar-refractivity contribution in [2.45, 2.75) is 0 Å². The number of nitrogens with zero attached hydrogens (tertiary/aromatic N) is 3. The average molecular weight is 417 g/mol. The third-order valence-electron chi connectivity index (χ3n) is 3.57. The SMILES string of the molecule is NC(=O)CN1C(=O)S/C(=C\c2cc(N=Nc3cccc(Cl)c3)ccc2O)C1=O. The summed E-state index contributed by atoms with van der Waals surface area (Å²) in [6.45, 7) is -0.498. The molecule has 1 aliphatic rings. The van der Waals surface area contributed by atoms with E-state index in [-0.39, 0.29) is 16.2 Å². The van der Waals surface area contributed by atoms with Crippen LogP contribution in [0.1, 0.15) is 5.56 Å². The number of carbonyl (C=O) groups is 3. The van der Waals surface area contributed by atoms with Gasteiger partial charge in [-0.15, -0.1) is 0 Å². The summed E-state index contributed by atoms with van der Waals surface area (Å²) in [6.07, 6.45) is 1.35. The molecule has 0 aromatic heterocycles. The molecular weight excluding hydrogens is 404 g/mol. The Labute approximate surface area is 168 Å². The summed E-state index contributed by atoms with van der Waals surface area (Å²) in [5, 5.41) is 18.1. The van der Waals surface area contributed by atoms with Gasteiger partial charge in [0.15, 0.2) is 0 Å². The first kappa shape index (κ1) is 19.6. The van der Waals surface area contributed by atoms with Gasteiger partial charge >= 0.3 is 0 Å². The zero-order valence-corrected chi connectivity index (χ0v) is 15.8. The number of benzene rings is 2. The molecule has 142 valence electrons. The minimum absolute atomic E-state index is 0.0606. The number of phenolic OH excluding ortho intramolecular Hbond substituents is 1. The van der Waals surface area contributed by atoms with Crippen LogP contribution in [0, 0.1) is 0 Å². The van der Waals surface area contributed by atoms with Crippen LogP contribution in [0.5, 0.6) is 5.75 Å². The summed E-state index contributed by atoms with van der Waals surface area (Å²) >= 11 is 6.56. The molecule has 2 aromatic carbocycles. The molecule has 1 fully saturated rings. The Balaban J connectivity index is 1.86. The highest BCUT2D eigenvalue weighted by atomic mass is 35.5. The number of aromatic hydroxyl groups is 1. The van der Waals surface area contributed by atoms with Gasteiger partial charge in [-0.2, -0.15) is 10.2 Å². The summed E-state index contributed by atoms with van der Waals surface area (Å²) in [7, 11) is 0. The predicted octanol–water partition coefficient (Wildman–Crippen LogP) is 3.98. The Hall–Kier alpha value is -3.17. The number of imide groups is 1. The van der Waals surface area contributed by atoms with Crippen LogP contribution in [-0.2, 0) is 9.59 Å². The molecule has 0 radical (unpaired) electrons. The molecule has 3 amide bonds. The van der Waals surface area contributed by atoms with E-state index < -0.39 is 23.6 Å². The number of hydrogen-bond donors (Lipinski definition) is 2. The van der Waals surface area contributed by atoms with Crippen molar-refractivity contribution in [2.75, 3.05) is 6.54 Å². The normalized spacial score (nSPS) is 15.8. The van der Waals surface area contributed by atoms with Crippen LogP contribution in [0.15, 0.2) is 57.6 Å². The highest BCUT2D eigenvalue weighted by molar-refractivity contribution is 8.18. The lowest BCUT2D eigenvalue weighted by atomic mass is 10.1. The molecule has 0 atom stereocenters. The van der Waals surface area contributed by atoms with Crippen molar-refractivity contribution in [3.05, 3.63) is 58.0 Å². The lowest BCUT2D eigenvalue weighted by Crippen LogP contribution is -2.36. The highest BCUT2D eigenvalue weighted by Crippen LogP contribution is 2.35. The number of azo groups is 1. The molecule has 1 heterocycles. The molecule has 1 saturated heterocycles. The van der Waals surface area contributed by atoms with Crippen LogP contribution in [0.25, 0.3) is 6.08 Å². The van der Waals surface area contributed by atoms with Crippen molar-refractivity contribution < 1.29 is 19.5 Å².